The van der Waals surface area contributed by atoms with E-state index in [0.717, 1.165) is 29.3 Å². The Kier molecular flexibility index (Phi) is 3.19. The topological polar surface area (TPSA) is 55.1 Å². The van der Waals surface area contributed by atoms with Crippen molar-refractivity contribution in [3.63, 3.8) is 0 Å². The van der Waals surface area contributed by atoms with Crippen molar-refractivity contribution in [2.75, 3.05) is 11.1 Å². The van der Waals surface area contributed by atoms with Crippen molar-refractivity contribution in [1.29, 1.82) is 0 Å². The molecule has 0 unspecified atom stereocenters. The molecule has 1 aromatic rings. The average molecular weight is 283 g/mol. The third kappa shape index (κ3) is 2.21. The monoisotopic (exact) mass is 282 g/mol. The molecule has 0 spiro atoms. The van der Waals surface area contributed by atoms with Gasteiger partial charge in [0.15, 0.2) is 0 Å². The first-order valence-corrected chi connectivity index (χ1v) is 6.23. The lowest BCUT2D eigenvalue weighted by Gasteiger charge is -2.24. The van der Waals surface area contributed by atoms with Crippen LogP contribution in [-0.4, -0.2) is 5.91 Å². The molecular weight excluding hydrogens is 268 g/mol. The quantitative estimate of drug-likeness (QED) is 0.819. The number of amides is 1. The van der Waals surface area contributed by atoms with Gasteiger partial charge in [0.25, 0.3) is 0 Å². The maximum atomic E-state index is 11.8. The fourth-order valence-electron chi connectivity index (χ4n) is 1.80. The lowest BCUT2D eigenvalue weighted by molar-refractivity contribution is -0.122. The first-order valence-electron chi connectivity index (χ1n) is 5.44. The summed E-state index contributed by atoms with van der Waals surface area (Å²) in [5.74, 6) is 0.259. The largest absolute Gasteiger partial charge is 0.397 e. The second-order valence-corrected chi connectivity index (χ2v) is 5.18. The van der Waals surface area contributed by atoms with Crippen molar-refractivity contribution < 1.29 is 4.79 Å². The molecular formula is C12H15BrN2O. The van der Waals surface area contributed by atoms with E-state index in [1.54, 1.807) is 0 Å². The van der Waals surface area contributed by atoms with Gasteiger partial charge >= 0.3 is 0 Å². The molecule has 4 heteroatoms. The lowest BCUT2D eigenvalue weighted by atomic mass is 9.85. The predicted molar refractivity (Wildman–Crippen MR) is 69.3 cm³/mol. The molecule has 16 heavy (non-hydrogen) atoms. The highest BCUT2D eigenvalue weighted by Gasteiger charge is 2.26. The van der Waals surface area contributed by atoms with Crippen LogP contribution in [0.3, 0.4) is 0 Å². The smallest absolute Gasteiger partial charge is 0.227 e. The first kappa shape index (κ1) is 11.5. The first-order chi connectivity index (χ1) is 7.58. The number of nitrogen functional groups attached to an aromatic ring is 1. The molecule has 0 aliphatic heterocycles. The van der Waals surface area contributed by atoms with Gasteiger partial charge in [0.2, 0.25) is 5.91 Å². The Balaban J connectivity index is 2.17. The molecule has 1 saturated carbocycles. The van der Waals surface area contributed by atoms with Crippen LogP contribution < -0.4 is 11.1 Å². The number of carbonyl (C=O) groups excluding carboxylic acids is 1. The van der Waals surface area contributed by atoms with Gasteiger partial charge in [-0.2, -0.15) is 0 Å². The zero-order valence-corrected chi connectivity index (χ0v) is 10.8. The van der Waals surface area contributed by atoms with Crippen molar-refractivity contribution in [3.05, 3.63) is 22.2 Å². The Morgan fingerprint density at radius 2 is 2.19 bits per heavy atom. The van der Waals surface area contributed by atoms with Gasteiger partial charge in [-0.1, -0.05) is 6.42 Å². The zero-order chi connectivity index (χ0) is 11.7. The third-order valence-corrected chi connectivity index (χ3v) is 3.61. The van der Waals surface area contributed by atoms with Gasteiger partial charge in [0, 0.05) is 10.4 Å². The second kappa shape index (κ2) is 4.45. The van der Waals surface area contributed by atoms with E-state index < -0.39 is 0 Å². The number of halogens is 1. The van der Waals surface area contributed by atoms with Gasteiger partial charge in [-0.15, -0.1) is 0 Å². The predicted octanol–water partition coefficient (Wildman–Crippen LogP) is 3.08. The maximum absolute atomic E-state index is 11.8. The molecule has 86 valence electrons. The summed E-state index contributed by atoms with van der Waals surface area (Å²) in [6.07, 6.45) is 3.15. The van der Waals surface area contributed by atoms with E-state index >= 15 is 0 Å². The third-order valence-electron chi connectivity index (χ3n) is 2.99. The van der Waals surface area contributed by atoms with Crippen molar-refractivity contribution >= 4 is 33.2 Å². The number of carbonyl (C=O) groups is 1. The Morgan fingerprint density at radius 3 is 2.69 bits per heavy atom. The van der Waals surface area contributed by atoms with Crippen molar-refractivity contribution in [2.45, 2.75) is 26.2 Å². The van der Waals surface area contributed by atoms with Gasteiger partial charge in [-0.25, -0.2) is 0 Å². The van der Waals surface area contributed by atoms with Crippen molar-refractivity contribution in [1.82, 2.24) is 0 Å². The molecule has 1 aromatic carbocycles. The van der Waals surface area contributed by atoms with E-state index in [-0.39, 0.29) is 11.8 Å². The van der Waals surface area contributed by atoms with Crippen LogP contribution in [-0.2, 0) is 4.79 Å². The SMILES string of the molecule is Cc1cc(N)c(NC(=O)C2CCC2)c(Br)c1. The summed E-state index contributed by atoms with van der Waals surface area (Å²) >= 11 is 3.42. The fraction of sp³-hybridized carbons (Fsp3) is 0.417. The van der Waals surface area contributed by atoms with E-state index in [4.69, 9.17) is 5.73 Å². The number of nitrogens with two attached hydrogens (primary N) is 1. The standard InChI is InChI=1S/C12H15BrN2O/c1-7-5-9(13)11(10(14)6-7)15-12(16)8-3-2-4-8/h5-6,8H,2-4,14H2,1H3,(H,15,16). The molecule has 0 heterocycles. The number of nitrogens with one attached hydrogen (secondary N) is 1. The van der Waals surface area contributed by atoms with Crippen molar-refractivity contribution in [2.24, 2.45) is 5.92 Å². The summed E-state index contributed by atoms with van der Waals surface area (Å²) in [6, 6.07) is 3.81. The summed E-state index contributed by atoms with van der Waals surface area (Å²) in [5, 5.41) is 2.90. The molecule has 0 aromatic heterocycles. The van der Waals surface area contributed by atoms with E-state index in [2.05, 4.69) is 21.2 Å². The van der Waals surface area contributed by atoms with Crippen LogP contribution in [0.15, 0.2) is 16.6 Å². The molecule has 0 bridgehead atoms. The lowest BCUT2D eigenvalue weighted by Crippen LogP contribution is -2.28. The Morgan fingerprint density at radius 1 is 1.50 bits per heavy atom. The second-order valence-electron chi connectivity index (χ2n) is 4.33. The van der Waals surface area contributed by atoms with Gasteiger partial charge < -0.3 is 11.1 Å². The molecule has 1 amide bonds. The van der Waals surface area contributed by atoms with Crippen LogP contribution in [0.5, 0.6) is 0 Å². The average Bonchev–Trinajstić information content (AvgIpc) is 2.08. The minimum atomic E-state index is 0.0857. The Bertz CT molecular complexity index is 404. The Labute approximate surface area is 104 Å². The van der Waals surface area contributed by atoms with E-state index in [1.165, 1.54) is 0 Å². The number of hydrogen-bond acceptors (Lipinski definition) is 2. The molecule has 1 aliphatic carbocycles. The molecule has 1 fully saturated rings. The summed E-state index contributed by atoms with van der Waals surface area (Å²) < 4.78 is 0.845. The summed E-state index contributed by atoms with van der Waals surface area (Å²) in [4.78, 5) is 11.8. The van der Waals surface area contributed by atoms with Crippen LogP contribution >= 0.6 is 15.9 Å². The minimum Gasteiger partial charge on any atom is -0.397 e. The van der Waals surface area contributed by atoms with E-state index in [9.17, 15) is 4.79 Å². The maximum Gasteiger partial charge on any atom is 0.227 e. The molecule has 0 atom stereocenters. The van der Waals surface area contributed by atoms with Crippen LogP contribution in [0, 0.1) is 12.8 Å². The highest BCUT2D eigenvalue weighted by molar-refractivity contribution is 9.10. The highest BCUT2D eigenvalue weighted by atomic mass is 79.9. The Hall–Kier alpha value is -1.03. The van der Waals surface area contributed by atoms with Crippen molar-refractivity contribution in [3.8, 4) is 0 Å². The van der Waals surface area contributed by atoms with Crippen LogP contribution in [0.4, 0.5) is 11.4 Å². The summed E-state index contributed by atoms with van der Waals surface area (Å²) in [5.41, 5.74) is 8.27. The zero-order valence-electron chi connectivity index (χ0n) is 9.22. The molecule has 0 saturated heterocycles. The normalized spacial score (nSPS) is 15.6. The molecule has 3 N–H and O–H groups in total. The molecule has 2 rings (SSSR count). The minimum absolute atomic E-state index is 0.0857. The number of aryl methyl sites for hydroxylation is 1. The van der Waals surface area contributed by atoms with Crippen LogP contribution in [0.25, 0.3) is 0 Å². The van der Waals surface area contributed by atoms with Gasteiger partial charge in [-0.3, -0.25) is 4.79 Å². The number of benzene rings is 1. The molecule has 3 nitrogen and oxygen atoms in total. The van der Waals surface area contributed by atoms with E-state index in [1.807, 2.05) is 19.1 Å². The van der Waals surface area contributed by atoms with Gasteiger partial charge in [0.05, 0.1) is 11.4 Å². The van der Waals surface area contributed by atoms with Gasteiger partial charge in [0.1, 0.15) is 0 Å². The molecule has 0 radical (unpaired) electrons. The fourth-order valence-corrected chi connectivity index (χ4v) is 2.49. The number of hydrogen-bond donors (Lipinski definition) is 2. The number of anilines is 2. The van der Waals surface area contributed by atoms with Crippen LogP contribution in [0.2, 0.25) is 0 Å². The molecule has 1 aliphatic rings. The highest BCUT2D eigenvalue weighted by Crippen LogP contribution is 2.33. The summed E-state index contributed by atoms with van der Waals surface area (Å²) in [6.45, 7) is 1.97. The van der Waals surface area contributed by atoms with E-state index in [0.29, 0.717) is 11.4 Å². The summed E-state index contributed by atoms with van der Waals surface area (Å²) in [7, 11) is 0. The van der Waals surface area contributed by atoms with Gasteiger partial charge in [-0.05, 0) is 53.4 Å². The van der Waals surface area contributed by atoms with Crippen LogP contribution in [0.1, 0.15) is 24.8 Å². The number of rotatable bonds is 2.